The summed E-state index contributed by atoms with van der Waals surface area (Å²) in [6, 6.07) is 6.55. The van der Waals surface area contributed by atoms with Gasteiger partial charge in [0.25, 0.3) is 0 Å². The summed E-state index contributed by atoms with van der Waals surface area (Å²) in [5.41, 5.74) is 0.869. The van der Waals surface area contributed by atoms with Crippen LogP contribution in [0.15, 0.2) is 18.2 Å². The Morgan fingerprint density at radius 3 is 2.82 bits per heavy atom. The number of nitrogens with one attached hydrogen (secondary N) is 1. The van der Waals surface area contributed by atoms with Crippen molar-refractivity contribution in [2.24, 2.45) is 0 Å². The lowest BCUT2D eigenvalue weighted by atomic mass is 10.1. The molecule has 0 fully saturated rings. The third-order valence-electron chi connectivity index (χ3n) is 2.73. The Morgan fingerprint density at radius 2 is 2.29 bits per heavy atom. The summed E-state index contributed by atoms with van der Waals surface area (Å²) in [4.78, 5) is 0. The summed E-state index contributed by atoms with van der Waals surface area (Å²) in [6.45, 7) is 2.56. The van der Waals surface area contributed by atoms with Gasteiger partial charge in [0.1, 0.15) is 5.82 Å². The smallest absolute Gasteiger partial charge is 0.129 e. The molecule has 0 amide bonds. The highest BCUT2D eigenvalue weighted by Crippen LogP contribution is 2.10. The van der Waals surface area contributed by atoms with Crippen LogP contribution in [0.4, 0.5) is 4.39 Å². The van der Waals surface area contributed by atoms with Gasteiger partial charge in [-0.3, -0.25) is 0 Å². The molecule has 4 heteroatoms. The molecule has 1 aromatic rings. The van der Waals surface area contributed by atoms with E-state index in [2.05, 4.69) is 5.32 Å². The van der Waals surface area contributed by atoms with Crippen LogP contribution in [0.25, 0.3) is 0 Å². The minimum absolute atomic E-state index is 0.126. The number of aliphatic hydroxyl groups is 1. The van der Waals surface area contributed by atoms with E-state index in [-0.39, 0.29) is 18.5 Å². The van der Waals surface area contributed by atoms with Crippen LogP contribution in [0.1, 0.15) is 30.9 Å². The molecule has 1 unspecified atom stereocenters. The lowest BCUT2D eigenvalue weighted by Gasteiger charge is -2.15. The van der Waals surface area contributed by atoms with E-state index in [1.54, 1.807) is 12.1 Å². The molecule has 0 heterocycles. The lowest BCUT2D eigenvalue weighted by Crippen LogP contribution is -2.29. The van der Waals surface area contributed by atoms with Crippen LogP contribution in [0, 0.1) is 17.1 Å². The number of rotatable bonds is 6. The summed E-state index contributed by atoms with van der Waals surface area (Å²) >= 11 is 0. The molecule has 3 nitrogen and oxygen atoms in total. The topological polar surface area (TPSA) is 56.0 Å². The second kappa shape index (κ2) is 7.00. The van der Waals surface area contributed by atoms with E-state index in [0.717, 1.165) is 6.42 Å². The van der Waals surface area contributed by atoms with Gasteiger partial charge >= 0.3 is 0 Å². The van der Waals surface area contributed by atoms with Crippen molar-refractivity contribution in [3.63, 3.8) is 0 Å². The Labute approximate surface area is 101 Å². The van der Waals surface area contributed by atoms with Crippen LogP contribution in [0.2, 0.25) is 0 Å². The van der Waals surface area contributed by atoms with Crippen molar-refractivity contribution in [2.75, 3.05) is 6.61 Å². The van der Waals surface area contributed by atoms with Crippen molar-refractivity contribution in [1.29, 1.82) is 5.26 Å². The Kier molecular flexibility index (Phi) is 5.61. The maximum absolute atomic E-state index is 13.5. The number of aliphatic hydroxyl groups excluding tert-OH is 1. The average molecular weight is 236 g/mol. The van der Waals surface area contributed by atoms with Gasteiger partial charge in [0, 0.05) is 24.8 Å². The molecule has 0 aliphatic heterocycles. The van der Waals surface area contributed by atoms with E-state index in [9.17, 15) is 4.39 Å². The van der Waals surface area contributed by atoms with Crippen LogP contribution in [0.5, 0.6) is 0 Å². The Bertz CT molecular complexity index is 401. The highest BCUT2D eigenvalue weighted by Gasteiger charge is 2.07. The minimum atomic E-state index is -0.365. The number of nitriles is 1. The molecule has 0 bridgehead atoms. The molecule has 0 spiro atoms. The van der Waals surface area contributed by atoms with Crippen molar-refractivity contribution in [3.05, 3.63) is 35.1 Å². The number of hydrogen-bond acceptors (Lipinski definition) is 3. The van der Waals surface area contributed by atoms with Gasteiger partial charge in [-0.1, -0.05) is 13.0 Å². The molecule has 0 aliphatic carbocycles. The van der Waals surface area contributed by atoms with Gasteiger partial charge in [-0.25, -0.2) is 4.39 Å². The van der Waals surface area contributed by atoms with Gasteiger partial charge in [-0.05, 0) is 25.0 Å². The zero-order chi connectivity index (χ0) is 12.7. The summed E-state index contributed by atoms with van der Waals surface area (Å²) < 4.78 is 13.5. The highest BCUT2D eigenvalue weighted by atomic mass is 19.1. The zero-order valence-corrected chi connectivity index (χ0v) is 9.91. The Balaban J connectivity index is 2.60. The molecule has 1 atom stereocenters. The van der Waals surface area contributed by atoms with Crippen LogP contribution in [-0.4, -0.2) is 17.8 Å². The molecule has 17 heavy (non-hydrogen) atoms. The first-order valence-electron chi connectivity index (χ1n) is 5.74. The minimum Gasteiger partial charge on any atom is -0.396 e. The first-order chi connectivity index (χ1) is 8.21. The van der Waals surface area contributed by atoms with Gasteiger partial charge in [0.15, 0.2) is 0 Å². The van der Waals surface area contributed by atoms with E-state index in [1.165, 1.54) is 6.07 Å². The molecular formula is C13H17FN2O. The fourth-order valence-electron chi connectivity index (χ4n) is 1.62. The standard InChI is InChI=1S/C13H17FN2O/c1-2-12(5-6-17)16-9-11-4-3-10(8-15)7-13(11)14/h3-4,7,12,16-17H,2,5-6,9H2,1H3. The molecule has 0 radical (unpaired) electrons. The normalized spacial score (nSPS) is 12.1. The van der Waals surface area contributed by atoms with Gasteiger partial charge in [-0.15, -0.1) is 0 Å². The largest absolute Gasteiger partial charge is 0.396 e. The Morgan fingerprint density at radius 1 is 1.53 bits per heavy atom. The molecule has 92 valence electrons. The van der Waals surface area contributed by atoms with Crippen LogP contribution in [-0.2, 0) is 6.54 Å². The van der Waals surface area contributed by atoms with Gasteiger partial charge in [0.2, 0.25) is 0 Å². The summed E-state index contributed by atoms with van der Waals surface area (Å²) in [5.74, 6) is -0.365. The first kappa shape index (κ1) is 13.6. The molecular weight excluding hydrogens is 219 g/mol. The van der Waals surface area contributed by atoms with E-state index in [4.69, 9.17) is 10.4 Å². The fourth-order valence-corrected chi connectivity index (χ4v) is 1.62. The SMILES string of the molecule is CCC(CCO)NCc1ccc(C#N)cc1F. The molecule has 0 aliphatic rings. The third-order valence-corrected chi connectivity index (χ3v) is 2.73. The maximum atomic E-state index is 13.5. The maximum Gasteiger partial charge on any atom is 0.129 e. The predicted molar refractivity (Wildman–Crippen MR) is 63.7 cm³/mol. The van der Waals surface area contributed by atoms with Crippen LogP contribution in [0.3, 0.4) is 0 Å². The summed E-state index contributed by atoms with van der Waals surface area (Å²) in [6.07, 6.45) is 1.55. The van der Waals surface area contributed by atoms with Crippen molar-refractivity contribution < 1.29 is 9.50 Å². The summed E-state index contributed by atoms with van der Waals surface area (Å²) in [7, 11) is 0. The number of benzene rings is 1. The quantitative estimate of drug-likeness (QED) is 0.793. The second-order valence-electron chi connectivity index (χ2n) is 3.92. The molecule has 0 saturated heterocycles. The van der Waals surface area contributed by atoms with Crippen molar-refractivity contribution in [2.45, 2.75) is 32.4 Å². The molecule has 2 N–H and O–H groups in total. The first-order valence-corrected chi connectivity index (χ1v) is 5.74. The van der Waals surface area contributed by atoms with Crippen LogP contribution < -0.4 is 5.32 Å². The predicted octanol–water partition coefficient (Wildman–Crippen LogP) is 1.95. The lowest BCUT2D eigenvalue weighted by molar-refractivity contribution is 0.261. The third kappa shape index (κ3) is 4.14. The molecule has 1 rings (SSSR count). The van der Waals surface area contributed by atoms with E-state index >= 15 is 0 Å². The van der Waals surface area contributed by atoms with Gasteiger partial charge in [0.05, 0.1) is 11.6 Å². The van der Waals surface area contributed by atoms with Crippen molar-refractivity contribution in [3.8, 4) is 6.07 Å². The summed E-state index contributed by atoms with van der Waals surface area (Å²) in [5, 5.41) is 20.6. The van der Waals surface area contributed by atoms with E-state index in [1.807, 2.05) is 13.0 Å². The highest BCUT2D eigenvalue weighted by molar-refractivity contribution is 5.32. The molecule has 0 saturated carbocycles. The number of nitrogens with zero attached hydrogens (tertiary/aromatic N) is 1. The van der Waals surface area contributed by atoms with Gasteiger partial charge < -0.3 is 10.4 Å². The second-order valence-corrected chi connectivity index (χ2v) is 3.92. The van der Waals surface area contributed by atoms with E-state index < -0.39 is 0 Å². The van der Waals surface area contributed by atoms with E-state index in [0.29, 0.717) is 24.1 Å². The monoisotopic (exact) mass is 236 g/mol. The molecule has 1 aromatic carbocycles. The van der Waals surface area contributed by atoms with Crippen molar-refractivity contribution in [1.82, 2.24) is 5.32 Å². The zero-order valence-electron chi connectivity index (χ0n) is 9.91. The van der Waals surface area contributed by atoms with Crippen LogP contribution >= 0.6 is 0 Å². The number of hydrogen-bond donors (Lipinski definition) is 2. The van der Waals surface area contributed by atoms with Crippen molar-refractivity contribution >= 4 is 0 Å². The van der Waals surface area contributed by atoms with Gasteiger partial charge in [-0.2, -0.15) is 5.26 Å². The fraction of sp³-hybridized carbons (Fsp3) is 0.462. The molecule has 0 aromatic heterocycles. The average Bonchev–Trinajstić information content (AvgIpc) is 2.35. The number of halogens is 1. The Hall–Kier alpha value is -1.44.